The Morgan fingerprint density at radius 2 is 2.05 bits per heavy atom. The Kier molecular flexibility index (Phi) is 4.73. The molecule has 0 aliphatic carbocycles. The van der Waals surface area contributed by atoms with Crippen molar-refractivity contribution in [2.75, 3.05) is 19.7 Å². The molecule has 1 aromatic carbocycles. The van der Waals surface area contributed by atoms with Gasteiger partial charge in [0.05, 0.1) is 0 Å². The molecule has 1 aromatic heterocycles. The number of hydrogen-bond donors (Lipinski definition) is 2. The summed E-state index contributed by atoms with van der Waals surface area (Å²) in [5, 5.41) is 13.6. The molecule has 21 heavy (non-hydrogen) atoms. The highest BCUT2D eigenvalue weighted by atomic mass is 16.2. The molecule has 3 nitrogen and oxygen atoms in total. The maximum Gasteiger partial charge on any atom is 0.0486 e. The van der Waals surface area contributed by atoms with Gasteiger partial charge in [0.15, 0.2) is 0 Å². The fraction of sp³-hybridized carbons (Fsp3) is 0.444. The Hall–Kier alpha value is -1.58. The number of rotatable bonds is 6. The summed E-state index contributed by atoms with van der Waals surface area (Å²) >= 11 is 0. The number of aromatic nitrogens is 1. The van der Waals surface area contributed by atoms with E-state index in [0.29, 0.717) is 6.61 Å². The minimum Gasteiger partial charge on any atom is -0.396 e. The van der Waals surface area contributed by atoms with Crippen LogP contribution in [-0.2, 0) is 6.54 Å². The Morgan fingerprint density at radius 1 is 1.14 bits per heavy atom. The highest BCUT2D eigenvalue weighted by Crippen LogP contribution is 2.30. The van der Waals surface area contributed by atoms with Gasteiger partial charge in [0.2, 0.25) is 0 Å². The Bertz CT molecular complexity index is 627. The normalized spacial score (nSPS) is 15.4. The van der Waals surface area contributed by atoms with Gasteiger partial charge in [-0.2, -0.15) is 0 Å². The van der Waals surface area contributed by atoms with E-state index in [2.05, 4.69) is 46.4 Å². The summed E-state index contributed by atoms with van der Waals surface area (Å²) in [6, 6.07) is 8.70. The van der Waals surface area contributed by atoms with Crippen molar-refractivity contribution in [1.82, 2.24) is 9.88 Å². The maximum absolute atomic E-state index is 8.89. The van der Waals surface area contributed by atoms with Gasteiger partial charge < -0.3 is 15.0 Å². The molecule has 2 aromatic rings. The van der Waals surface area contributed by atoms with Crippen LogP contribution in [0, 0.1) is 0 Å². The molecule has 2 heterocycles. The van der Waals surface area contributed by atoms with Gasteiger partial charge in [-0.1, -0.05) is 24.3 Å². The summed E-state index contributed by atoms with van der Waals surface area (Å²) in [6.45, 7) is 3.39. The fourth-order valence-electron chi connectivity index (χ4n) is 3.13. The van der Waals surface area contributed by atoms with Crippen LogP contribution in [0.5, 0.6) is 0 Å². The summed E-state index contributed by atoms with van der Waals surface area (Å²) < 4.78 is 2.38. The number of aryl methyl sites for hydroxylation is 1. The van der Waals surface area contributed by atoms with Crippen LogP contribution >= 0.6 is 0 Å². The van der Waals surface area contributed by atoms with Crippen molar-refractivity contribution in [3.05, 3.63) is 42.1 Å². The molecule has 112 valence electrons. The van der Waals surface area contributed by atoms with E-state index in [0.717, 1.165) is 45.3 Å². The summed E-state index contributed by atoms with van der Waals surface area (Å²) in [5.74, 6) is 0. The molecular weight excluding hydrogens is 260 g/mol. The number of nitrogens with one attached hydrogen (secondary N) is 1. The van der Waals surface area contributed by atoms with Gasteiger partial charge in [0.25, 0.3) is 0 Å². The lowest BCUT2D eigenvalue weighted by molar-refractivity contribution is 0.282. The smallest absolute Gasteiger partial charge is 0.0486 e. The van der Waals surface area contributed by atoms with E-state index in [-0.39, 0.29) is 0 Å². The topological polar surface area (TPSA) is 37.2 Å². The van der Waals surface area contributed by atoms with Crippen molar-refractivity contribution in [3.63, 3.8) is 0 Å². The first-order valence-corrected chi connectivity index (χ1v) is 7.99. The number of aliphatic hydroxyl groups is 1. The number of aliphatic hydroxyl groups excluding tert-OH is 1. The molecule has 0 spiro atoms. The van der Waals surface area contributed by atoms with Crippen molar-refractivity contribution < 1.29 is 5.11 Å². The number of nitrogens with zero attached hydrogens (tertiary/aromatic N) is 1. The van der Waals surface area contributed by atoms with Gasteiger partial charge in [-0.3, -0.25) is 0 Å². The first-order valence-electron chi connectivity index (χ1n) is 7.99. The van der Waals surface area contributed by atoms with Crippen molar-refractivity contribution in [2.24, 2.45) is 0 Å². The third-order valence-electron chi connectivity index (χ3n) is 4.26. The molecule has 0 amide bonds. The fourth-order valence-corrected chi connectivity index (χ4v) is 3.13. The molecule has 2 N–H and O–H groups in total. The lowest BCUT2D eigenvalue weighted by Crippen LogP contribution is -2.19. The molecule has 3 heteroatoms. The standard InChI is InChI=1S/C18H24N2O/c21-13-5-1-4-12-20-14-17(15-8-10-19-11-9-15)16-6-2-3-7-18(16)20/h2-3,6-8,14,19,21H,1,4-5,9-13H2. The second kappa shape index (κ2) is 6.92. The van der Waals surface area contributed by atoms with Crippen molar-refractivity contribution in [1.29, 1.82) is 0 Å². The van der Waals surface area contributed by atoms with Crippen LogP contribution in [0.2, 0.25) is 0 Å². The largest absolute Gasteiger partial charge is 0.396 e. The SMILES string of the molecule is OCCCCCn1cc(C2=CCNCC2)c2ccccc21. The molecule has 3 rings (SSSR count). The molecule has 0 unspecified atom stereocenters. The second-order valence-corrected chi connectivity index (χ2v) is 5.72. The molecule has 1 aliphatic heterocycles. The number of para-hydroxylation sites is 1. The summed E-state index contributed by atoms with van der Waals surface area (Å²) in [6.07, 6.45) is 8.87. The van der Waals surface area contributed by atoms with Crippen LogP contribution in [0.4, 0.5) is 0 Å². The lowest BCUT2D eigenvalue weighted by Gasteiger charge is -2.13. The highest BCUT2D eigenvalue weighted by Gasteiger charge is 2.13. The third-order valence-corrected chi connectivity index (χ3v) is 4.26. The van der Waals surface area contributed by atoms with Crippen LogP contribution in [0.25, 0.3) is 16.5 Å². The van der Waals surface area contributed by atoms with Crippen molar-refractivity contribution in [3.8, 4) is 0 Å². The van der Waals surface area contributed by atoms with Crippen molar-refractivity contribution >= 4 is 16.5 Å². The maximum atomic E-state index is 8.89. The first-order chi connectivity index (χ1) is 10.4. The Balaban J connectivity index is 1.88. The third kappa shape index (κ3) is 3.20. The van der Waals surface area contributed by atoms with Gasteiger partial charge in [0, 0.05) is 42.4 Å². The Labute approximate surface area is 126 Å². The zero-order chi connectivity index (χ0) is 14.5. The molecule has 0 saturated carbocycles. The second-order valence-electron chi connectivity index (χ2n) is 5.72. The van der Waals surface area contributed by atoms with E-state index in [1.54, 1.807) is 0 Å². The molecule has 0 fully saturated rings. The average Bonchev–Trinajstić information content (AvgIpc) is 2.92. The minimum atomic E-state index is 0.303. The first kappa shape index (κ1) is 14.4. The van der Waals surface area contributed by atoms with E-state index < -0.39 is 0 Å². The summed E-state index contributed by atoms with van der Waals surface area (Å²) in [4.78, 5) is 0. The molecule has 0 bridgehead atoms. The summed E-state index contributed by atoms with van der Waals surface area (Å²) in [7, 11) is 0. The highest BCUT2D eigenvalue weighted by molar-refractivity contribution is 5.93. The monoisotopic (exact) mass is 284 g/mol. The van der Waals surface area contributed by atoms with Gasteiger partial charge in [-0.15, -0.1) is 0 Å². The Morgan fingerprint density at radius 3 is 2.86 bits per heavy atom. The van der Waals surface area contributed by atoms with Crippen LogP contribution in [0.3, 0.4) is 0 Å². The number of unbranched alkanes of at least 4 members (excludes halogenated alkanes) is 2. The van der Waals surface area contributed by atoms with Crippen molar-refractivity contribution in [2.45, 2.75) is 32.2 Å². The lowest BCUT2D eigenvalue weighted by atomic mass is 10.00. The van der Waals surface area contributed by atoms with Crippen LogP contribution in [-0.4, -0.2) is 29.4 Å². The van der Waals surface area contributed by atoms with E-state index in [1.165, 1.54) is 22.0 Å². The zero-order valence-electron chi connectivity index (χ0n) is 12.5. The molecule has 0 saturated heterocycles. The predicted octanol–water partition coefficient (Wildman–Crippen LogP) is 3.18. The summed E-state index contributed by atoms with van der Waals surface area (Å²) in [5.41, 5.74) is 4.20. The number of hydrogen-bond acceptors (Lipinski definition) is 2. The van der Waals surface area contributed by atoms with Crippen LogP contribution in [0.1, 0.15) is 31.2 Å². The zero-order valence-corrected chi connectivity index (χ0v) is 12.5. The number of fused-ring (bicyclic) bond motifs is 1. The molecule has 1 aliphatic rings. The minimum absolute atomic E-state index is 0.303. The average molecular weight is 284 g/mol. The predicted molar refractivity (Wildman–Crippen MR) is 88.3 cm³/mol. The number of benzene rings is 1. The molecule has 0 atom stereocenters. The van der Waals surface area contributed by atoms with E-state index in [9.17, 15) is 0 Å². The van der Waals surface area contributed by atoms with E-state index >= 15 is 0 Å². The van der Waals surface area contributed by atoms with Gasteiger partial charge in [-0.25, -0.2) is 0 Å². The van der Waals surface area contributed by atoms with Crippen LogP contribution < -0.4 is 5.32 Å². The van der Waals surface area contributed by atoms with E-state index in [1.807, 2.05) is 0 Å². The molecule has 0 radical (unpaired) electrons. The van der Waals surface area contributed by atoms with Gasteiger partial charge in [0.1, 0.15) is 0 Å². The van der Waals surface area contributed by atoms with E-state index in [4.69, 9.17) is 5.11 Å². The molecular formula is C18H24N2O. The van der Waals surface area contributed by atoms with Gasteiger partial charge in [-0.05, 0) is 43.9 Å². The van der Waals surface area contributed by atoms with Crippen LogP contribution in [0.15, 0.2) is 36.5 Å². The van der Waals surface area contributed by atoms with Gasteiger partial charge >= 0.3 is 0 Å². The quantitative estimate of drug-likeness (QED) is 0.799.